The zero-order chi connectivity index (χ0) is 21.5. The summed E-state index contributed by atoms with van der Waals surface area (Å²) >= 11 is 1.24. The van der Waals surface area contributed by atoms with Crippen LogP contribution in [0.15, 0.2) is 24.4 Å². The van der Waals surface area contributed by atoms with Gasteiger partial charge in [0.05, 0.1) is 22.2 Å². The normalized spacial score (nSPS) is 15.6. The lowest BCUT2D eigenvalue weighted by molar-refractivity contribution is -0.140. The van der Waals surface area contributed by atoms with Gasteiger partial charge < -0.3 is 9.64 Å². The molecule has 0 fully saturated rings. The monoisotopic (exact) mass is 416 g/mol. The molecule has 1 aliphatic rings. The molecule has 0 bridgehead atoms. The van der Waals surface area contributed by atoms with Crippen LogP contribution in [0.3, 0.4) is 0 Å². The van der Waals surface area contributed by atoms with E-state index in [1.54, 1.807) is 27.0 Å². The van der Waals surface area contributed by atoms with Crippen molar-refractivity contribution in [2.75, 3.05) is 6.54 Å². The second-order valence-corrected chi connectivity index (χ2v) is 9.02. The number of rotatable bonds is 3. The standard InChI is InChI=1S/C22H25FN2O3S/c1-12(2)28-21(27)16-10-25(20(26)15-7-8-17(23)13(3)9-15)11-22(5,6)18-14(4)24-29-19(16)18/h7-10,12H,11H2,1-6H3. The highest BCUT2D eigenvalue weighted by atomic mass is 32.1. The number of esters is 1. The molecule has 0 saturated heterocycles. The predicted octanol–water partition coefficient (Wildman–Crippen LogP) is 4.63. The molecule has 0 aliphatic carbocycles. The molecule has 0 atom stereocenters. The quantitative estimate of drug-likeness (QED) is 0.685. The summed E-state index contributed by atoms with van der Waals surface area (Å²) in [7, 11) is 0. The number of nitrogens with zero attached hydrogens (tertiary/aromatic N) is 2. The maximum Gasteiger partial charge on any atom is 0.341 e. The van der Waals surface area contributed by atoms with E-state index in [1.807, 2.05) is 20.8 Å². The fraction of sp³-hybridized carbons (Fsp3) is 0.409. The zero-order valence-electron chi connectivity index (χ0n) is 17.5. The van der Waals surface area contributed by atoms with E-state index in [0.717, 1.165) is 16.1 Å². The predicted molar refractivity (Wildman–Crippen MR) is 111 cm³/mol. The van der Waals surface area contributed by atoms with Gasteiger partial charge in [0.2, 0.25) is 0 Å². The summed E-state index contributed by atoms with van der Waals surface area (Å²) in [5, 5.41) is 0. The van der Waals surface area contributed by atoms with Crippen molar-refractivity contribution in [3.63, 3.8) is 0 Å². The van der Waals surface area contributed by atoms with Crippen LogP contribution in [0.5, 0.6) is 0 Å². The van der Waals surface area contributed by atoms with Gasteiger partial charge >= 0.3 is 5.97 Å². The molecule has 0 unspecified atom stereocenters. The molecule has 0 radical (unpaired) electrons. The first-order valence-corrected chi connectivity index (χ1v) is 10.3. The molecule has 29 heavy (non-hydrogen) atoms. The van der Waals surface area contributed by atoms with Crippen molar-refractivity contribution in [3.8, 4) is 0 Å². The minimum Gasteiger partial charge on any atom is -0.459 e. The van der Waals surface area contributed by atoms with Gasteiger partial charge in [-0.2, -0.15) is 4.37 Å². The minimum atomic E-state index is -0.490. The van der Waals surface area contributed by atoms with Crippen molar-refractivity contribution in [3.05, 3.63) is 57.5 Å². The Morgan fingerprint density at radius 2 is 1.97 bits per heavy atom. The minimum absolute atomic E-state index is 0.291. The number of hydrogen-bond acceptors (Lipinski definition) is 5. The summed E-state index contributed by atoms with van der Waals surface area (Å²) < 4.78 is 23.5. The number of aryl methyl sites for hydroxylation is 2. The van der Waals surface area contributed by atoms with Gasteiger partial charge in [-0.05, 0) is 63.0 Å². The Labute approximate surface area is 174 Å². The fourth-order valence-corrected chi connectivity index (χ4v) is 4.68. The number of carbonyl (C=O) groups is 2. The van der Waals surface area contributed by atoms with E-state index in [-0.39, 0.29) is 17.8 Å². The number of carbonyl (C=O) groups excluding carboxylic acids is 2. The van der Waals surface area contributed by atoms with Gasteiger partial charge in [0.1, 0.15) is 5.82 Å². The Kier molecular flexibility index (Phi) is 5.63. The molecular weight excluding hydrogens is 391 g/mol. The van der Waals surface area contributed by atoms with Gasteiger partial charge in [-0.25, -0.2) is 9.18 Å². The Morgan fingerprint density at radius 1 is 1.28 bits per heavy atom. The first-order valence-electron chi connectivity index (χ1n) is 9.48. The Morgan fingerprint density at radius 3 is 2.59 bits per heavy atom. The average molecular weight is 417 g/mol. The molecule has 5 nitrogen and oxygen atoms in total. The molecule has 1 aromatic carbocycles. The number of amides is 1. The molecule has 3 rings (SSSR count). The van der Waals surface area contributed by atoms with Crippen LogP contribution >= 0.6 is 11.5 Å². The van der Waals surface area contributed by atoms with Gasteiger partial charge in [0, 0.05) is 29.3 Å². The smallest absolute Gasteiger partial charge is 0.341 e. The van der Waals surface area contributed by atoms with Crippen molar-refractivity contribution < 1.29 is 18.7 Å². The number of hydrogen-bond donors (Lipinski definition) is 0. The Bertz CT molecular complexity index is 1010. The number of halogens is 1. The van der Waals surface area contributed by atoms with Crippen LogP contribution in [-0.2, 0) is 14.9 Å². The van der Waals surface area contributed by atoms with E-state index in [9.17, 15) is 14.0 Å². The molecule has 0 saturated carbocycles. The lowest BCUT2D eigenvalue weighted by Gasteiger charge is -2.29. The fourth-order valence-electron chi connectivity index (χ4n) is 3.61. The van der Waals surface area contributed by atoms with E-state index in [4.69, 9.17) is 4.74 Å². The second-order valence-electron chi connectivity index (χ2n) is 8.25. The van der Waals surface area contributed by atoms with Crippen LogP contribution in [0.25, 0.3) is 5.57 Å². The summed E-state index contributed by atoms with van der Waals surface area (Å²) in [6.45, 7) is 11.5. The first-order chi connectivity index (χ1) is 13.5. The number of fused-ring (bicyclic) bond motifs is 1. The molecule has 2 heterocycles. The van der Waals surface area contributed by atoms with E-state index in [1.165, 1.54) is 34.6 Å². The molecule has 1 aromatic heterocycles. The van der Waals surface area contributed by atoms with Gasteiger partial charge in [0.25, 0.3) is 5.91 Å². The summed E-state index contributed by atoms with van der Waals surface area (Å²) in [6, 6.07) is 4.28. The molecule has 154 valence electrons. The Balaban J connectivity index is 2.11. The van der Waals surface area contributed by atoms with Crippen LogP contribution in [0, 0.1) is 19.7 Å². The molecule has 1 amide bonds. The zero-order valence-corrected chi connectivity index (χ0v) is 18.3. The maximum atomic E-state index is 13.7. The lowest BCUT2D eigenvalue weighted by atomic mass is 9.82. The molecule has 0 spiro atoms. The third-order valence-electron chi connectivity index (χ3n) is 4.86. The van der Waals surface area contributed by atoms with Crippen LogP contribution in [0.1, 0.15) is 59.8 Å². The highest BCUT2D eigenvalue weighted by molar-refractivity contribution is 7.07. The van der Waals surface area contributed by atoms with Crippen molar-refractivity contribution in [1.82, 2.24) is 9.27 Å². The first kappa shape index (κ1) is 21.2. The van der Waals surface area contributed by atoms with Crippen LogP contribution in [0.2, 0.25) is 0 Å². The largest absolute Gasteiger partial charge is 0.459 e. The summed E-state index contributed by atoms with van der Waals surface area (Å²) in [5.74, 6) is -1.15. The van der Waals surface area contributed by atoms with Crippen molar-refractivity contribution in [1.29, 1.82) is 0 Å². The van der Waals surface area contributed by atoms with E-state index < -0.39 is 11.4 Å². The van der Waals surface area contributed by atoms with Crippen LogP contribution in [0.4, 0.5) is 4.39 Å². The molecular formula is C22H25FN2O3S. The SMILES string of the molecule is Cc1cc(C(=O)N2C=C(C(=O)OC(C)C)c3snc(C)c3C(C)(C)C2)ccc1F. The highest BCUT2D eigenvalue weighted by Gasteiger charge is 2.38. The topological polar surface area (TPSA) is 59.5 Å². The average Bonchev–Trinajstić information content (AvgIpc) is 2.95. The molecule has 1 aliphatic heterocycles. The second kappa shape index (κ2) is 7.71. The lowest BCUT2D eigenvalue weighted by Crippen LogP contribution is -2.37. The van der Waals surface area contributed by atoms with E-state index in [0.29, 0.717) is 23.2 Å². The summed E-state index contributed by atoms with van der Waals surface area (Å²) in [4.78, 5) is 28.3. The molecule has 0 N–H and O–H groups in total. The van der Waals surface area contributed by atoms with Gasteiger partial charge in [-0.1, -0.05) is 13.8 Å². The van der Waals surface area contributed by atoms with Crippen molar-refractivity contribution in [2.24, 2.45) is 0 Å². The number of benzene rings is 1. The Hall–Kier alpha value is -2.54. The third-order valence-corrected chi connectivity index (χ3v) is 5.83. The van der Waals surface area contributed by atoms with E-state index >= 15 is 0 Å². The third kappa shape index (κ3) is 4.10. The van der Waals surface area contributed by atoms with Crippen LogP contribution in [-0.4, -0.2) is 33.8 Å². The molecule has 7 heteroatoms. The van der Waals surface area contributed by atoms with Crippen molar-refractivity contribution in [2.45, 2.75) is 53.1 Å². The maximum absolute atomic E-state index is 13.7. The summed E-state index contributed by atoms with van der Waals surface area (Å²) in [5.41, 5.74) is 2.43. The van der Waals surface area contributed by atoms with Gasteiger partial charge in [-0.15, -0.1) is 0 Å². The van der Waals surface area contributed by atoms with E-state index in [2.05, 4.69) is 4.37 Å². The number of aromatic nitrogens is 1. The van der Waals surface area contributed by atoms with Gasteiger partial charge in [0.15, 0.2) is 0 Å². The van der Waals surface area contributed by atoms with Gasteiger partial charge in [-0.3, -0.25) is 4.79 Å². The van der Waals surface area contributed by atoms with Crippen molar-refractivity contribution >= 4 is 29.0 Å². The summed E-state index contributed by atoms with van der Waals surface area (Å²) in [6.07, 6.45) is 1.26. The highest BCUT2D eigenvalue weighted by Crippen LogP contribution is 2.40. The van der Waals surface area contributed by atoms with Crippen LogP contribution < -0.4 is 0 Å². The molecule has 2 aromatic rings. The number of ether oxygens (including phenoxy) is 1.